The number of fused-ring (bicyclic) bond motifs is 1. The largest absolute Gasteiger partial charge is 0.382 e. The second-order valence-electron chi connectivity index (χ2n) is 3.73. The normalized spacial score (nSPS) is 11.1. The van der Waals surface area contributed by atoms with E-state index in [-0.39, 0.29) is 22.2 Å². The highest BCUT2D eigenvalue weighted by atomic mass is 16.1. The molecule has 0 fully saturated rings. The molecule has 0 saturated heterocycles. The molecule has 0 atom stereocenters. The topological polar surface area (TPSA) is 164 Å². The van der Waals surface area contributed by atoms with Crippen molar-refractivity contribution < 1.29 is 0 Å². The van der Waals surface area contributed by atoms with Crippen molar-refractivity contribution in [2.45, 2.75) is 0 Å². The lowest BCUT2D eigenvalue weighted by Crippen LogP contribution is -2.22. The Kier molecular flexibility index (Phi) is 3.30. The number of rotatable bonds is 3. The van der Waals surface area contributed by atoms with Gasteiger partial charge in [-0.1, -0.05) is 6.07 Å². The summed E-state index contributed by atoms with van der Waals surface area (Å²) in [5.74, 6) is -0.507. The number of benzene rings is 1. The number of hydrazone groups is 1. The van der Waals surface area contributed by atoms with Crippen LogP contribution < -0.4 is 22.3 Å². The zero-order valence-corrected chi connectivity index (χ0v) is 10.0. The molecule has 0 amide bonds. The van der Waals surface area contributed by atoms with Gasteiger partial charge in [-0.15, -0.1) is 0 Å². The first-order chi connectivity index (χ1) is 9.54. The Hall–Kier alpha value is -3.41. The van der Waals surface area contributed by atoms with E-state index in [1.807, 2.05) is 0 Å². The summed E-state index contributed by atoms with van der Waals surface area (Å²) in [6.45, 7) is 0. The molecule has 100 valence electrons. The molecule has 2 rings (SSSR count). The molecule has 2 aromatic rings. The van der Waals surface area contributed by atoms with Crippen molar-refractivity contribution >= 4 is 28.0 Å². The van der Waals surface area contributed by atoms with Crippen LogP contribution in [0, 0.1) is 16.7 Å². The molecule has 1 aromatic heterocycles. The van der Waals surface area contributed by atoms with Gasteiger partial charge in [0.1, 0.15) is 6.07 Å². The summed E-state index contributed by atoms with van der Waals surface area (Å²) in [4.78, 5) is 23.3. The van der Waals surface area contributed by atoms with Gasteiger partial charge in [-0.3, -0.25) is 30.6 Å². The molecule has 0 bridgehead atoms. The average Bonchev–Trinajstić information content (AvgIpc) is 2.43. The third kappa shape index (κ3) is 2.25. The van der Waals surface area contributed by atoms with Gasteiger partial charge in [0.25, 0.3) is 11.1 Å². The molecule has 20 heavy (non-hydrogen) atoms. The van der Waals surface area contributed by atoms with Crippen LogP contribution in [0.3, 0.4) is 0 Å². The summed E-state index contributed by atoms with van der Waals surface area (Å²) < 4.78 is 0. The van der Waals surface area contributed by atoms with Gasteiger partial charge in [-0.2, -0.15) is 10.4 Å². The fraction of sp³-hybridized carbons (Fsp3) is 0. The Balaban J connectivity index is 2.60. The zero-order valence-electron chi connectivity index (χ0n) is 10.0. The Morgan fingerprint density at radius 2 is 2.05 bits per heavy atom. The van der Waals surface area contributed by atoms with Crippen LogP contribution in [0.4, 0.5) is 5.69 Å². The fourth-order valence-electron chi connectivity index (χ4n) is 1.58. The lowest BCUT2D eigenvalue weighted by Gasteiger charge is -2.04. The summed E-state index contributed by atoms with van der Waals surface area (Å²) >= 11 is 0. The van der Waals surface area contributed by atoms with E-state index in [0.29, 0.717) is 0 Å². The van der Waals surface area contributed by atoms with Crippen molar-refractivity contribution in [2.75, 3.05) is 5.43 Å². The van der Waals surface area contributed by atoms with Gasteiger partial charge >= 0.3 is 0 Å². The highest BCUT2D eigenvalue weighted by Crippen LogP contribution is 2.16. The molecule has 9 heteroatoms. The van der Waals surface area contributed by atoms with E-state index >= 15 is 0 Å². The number of nitrogens with zero attached hydrogens (tertiary/aromatic N) is 2. The standard InChI is InChI=1S/C11H9N7O2/c12-4-7(9(13)14)16-15-6-3-1-2-5-8(6)11(20)18-17-10(5)19/h1-3,15H,(H3,13,14)(H,17,19)(H,18,20)/b16-7+. The molecule has 0 aliphatic heterocycles. The number of hydrogen-bond donors (Lipinski definition) is 5. The summed E-state index contributed by atoms with van der Waals surface area (Å²) in [5, 5.41) is 24.1. The highest BCUT2D eigenvalue weighted by Gasteiger charge is 2.08. The van der Waals surface area contributed by atoms with Gasteiger partial charge in [-0.05, 0) is 12.1 Å². The van der Waals surface area contributed by atoms with Gasteiger partial charge in [0.2, 0.25) is 5.71 Å². The first-order valence-electron chi connectivity index (χ1n) is 5.36. The third-order valence-corrected chi connectivity index (χ3v) is 2.47. The van der Waals surface area contributed by atoms with Crippen LogP contribution in [0.5, 0.6) is 0 Å². The van der Waals surface area contributed by atoms with E-state index < -0.39 is 17.0 Å². The molecule has 0 spiro atoms. The van der Waals surface area contributed by atoms with E-state index in [1.165, 1.54) is 12.1 Å². The zero-order chi connectivity index (χ0) is 14.7. The molecule has 1 heterocycles. The first-order valence-corrected chi connectivity index (χ1v) is 5.36. The Bertz CT molecular complexity index is 869. The monoisotopic (exact) mass is 271 g/mol. The second kappa shape index (κ2) is 5.07. The number of aromatic nitrogens is 2. The molecule has 6 N–H and O–H groups in total. The van der Waals surface area contributed by atoms with E-state index in [1.54, 1.807) is 12.1 Å². The molecule has 0 radical (unpaired) electrons. The molecule has 0 aliphatic carbocycles. The summed E-state index contributed by atoms with van der Waals surface area (Å²) in [6.07, 6.45) is 0. The lowest BCUT2D eigenvalue weighted by atomic mass is 10.1. The van der Waals surface area contributed by atoms with Gasteiger partial charge in [0.15, 0.2) is 5.84 Å². The van der Waals surface area contributed by atoms with Crippen LogP contribution in [0.15, 0.2) is 32.9 Å². The van der Waals surface area contributed by atoms with Crippen molar-refractivity contribution in [3.8, 4) is 6.07 Å². The second-order valence-corrected chi connectivity index (χ2v) is 3.73. The van der Waals surface area contributed by atoms with Crippen molar-refractivity contribution in [3.63, 3.8) is 0 Å². The minimum atomic E-state index is -0.515. The Morgan fingerprint density at radius 1 is 1.35 bits per heavy atom. The van der Waals surface area contributed by atoms with Gasteiger partial charge in [-0.25, -0.2) is 0 Å². The molecule has 0 aliphatic rings. The van der Waals surface area contributed by atoms with Crippen LogP contribution in [-0.4, -0.2) is 21.7 Å². The number of amidine groups is 1. The van der Waals surface area contributed by atoms with Gasteiger partial charge < -0.3 is 5.73 Å². The smallest absolute Gasteiger partial charge is 0.272 e. The highest BCUT2D eigenvalue weighted by molar-refractivity contribution is 6.45. The predicted octanol–water partition coefficient (Wildman–Crippen LogP) is -0.556. The molecular weight excluding hydrogens is 262 g/mol. The molecule has 0 saturated carbocycles. The lowest BCUT2D eigenvalue weighted by molar-refractivity contribution is 0.976. The van der Waals surface area contributed by atoms with Crippen LogP contribution in [0.25, 0.3) is 10.8 Å². The van der Waals surface area contributed by atoms with Crippen LogP contribution in [0.2, 0.25) is 0 Å². The van der Waals surface area contributed by atoms with Gasteiger partial charge in [0.05, 0.1) is 16.5 Å². The maximum absolute atomic E-state index is 11.8. The van der Waals surface area contributed by atoms with E-state index in [9.17, 15) is 9.59 Å². The van der Waals surface area contributed by atoms with E-state index in [4.69, 9.17) is 16.4 Å². The predicted molar refractivity (Wildman–Crippen MR) is 73.8 cm³/mol. The quantitative estimate of drug-likeness (QED) is 0.286. The third-order valence-electron chi connectivity index (χ3n) is 2.47. The van der Waals surface area contributed by atoms with Crippen LogP contribution in [-0.2, 0) is 0 Å². The first kappa shape index (κ1) is 13.0. The van der Waals surface area contributed by atoms with Crippen molar-refractivity contribution in [1.82, 2.24) is 10.2 Å². The number of hydrogen-bond acceptors (Lipinski definition) is 6. The summed E-state index contributed by atoms with van der Waals surface area (Å²) in [7, 11) is 0. The fourth-order valence-corrected chi connectivity index (χ4v) is 1.58. The Labute approximate surface area is 111 Å². The maximum Gasteiger partial charge on any atom is 0.272 e. The van der Waals surface area contributed by atoms with Crippen LogP contribution in [0.1, 0.15) is 0 Å². The maximum atomic E-state index is 11.8. The minimum absolute atomic E-state index is 0.0980. The molecule has 0 unspecified atom stereocenters. The van der Waals surface area contributed by atoms with Crippen molar-refractivity contribution in [2.24, 2.45) is 10.8 Å². The van der Waals surface area contributed by atoms with Gasteiger partial charge in [0, 0.05) is 0 Å². The Morgan fingerprint density at radius 3 is 2.70 bits per heavy atom. The van der Waals surface area contributed by atoms with Crippen LogP contribution >= 0.6 is 0 Å². The molecule has 9 nitrogen and oxygen atoms in total. The number of nitrogens with two attached hydrogens (primary N) is 1. The molecular formula is C11H9N7O2. The number of nitriles is 1. The number of anilines is 1. The van der Waals surface area contributed by atoms with Crippen molar-refractivity contribution in [1.29, 1.82) is 10.7 Å². The van der Waals surface area contributed by atoms with Crippen molar-refractivity contribution in [3.05, 3.63) is 38.9 Å². The summed E-state index contributed by atoms with van der Waals surface area (Å²) in [6, 6.07) is 6.17. The number of H-pyrrole nitrogens is 2. The number of nitrogens with one attached hydrogen (secondary N) is 4. The number of aromatic amines is 2. The average molecular weight is 271 g/mol. The SMILES string of the molecule is N#C/C(=N\Nc1cccc2c(=O)[nH][nH]c(=O)c12)C(=N)N. The summed E-state index contributed by atoms with van der Waals surface area (Å²) in [5.41, 5.74) is 6.53. The van der Waals surface area contributed by atoms with E-state index in [2.05, 4.69) is 20.7 Å². The minimum Gasteiger partial charge on any atom is -0.382 e. The molecule has 1 aromatic carbocycles. The van der Waals surface area contributed by atoms with E-state index in [0.717, 1.165) is 0 Å².